The summed E-state index contributed by atoms with van der Waals surface area (Å²) in [5, 5.41) is 0.974. The van der Waals surface area contributed by atoms with Crippen LogP contribution < -0.4 is 5.56 Å². The number of nitrogens with zero attached hydrogens (tertiary/aromatic N) is 1. The Hall–Kier alpha value is -2.42. The zero-order chi connectivity index (χ0) is 13.0. The average molecular weight is 238 g/mol. The Morgan fingerprint density at radius 3 is 3.00 bits per heavy atom. The van der Waals surface area contributed by atoms with Crippen molar-refractivity contribution >= 4 is 10.9 Å². The summed E-state index contributed by atoms with van der Waals surface area (Å²) in [7, 11) is 0. The topological polar surface area (TPSA) is 45.8 Å². The van der Waals surface area contributed by atoms with E-state index in [4.69, 9.17) is 0 Å². The molecule has 2 aromatic heterocycles. The summed E-state index contributed by atoms with van der Waals surface area (Å²) in [4.78, 5) is 18.7. The summed E-state index contributed by atoms with van der Waals surface area (Å²) in [6.45, 7) is 7.37. The van der Waals surface area contributed by atoms with Crippen LogP contribution in [0.1, 0.15) is 5.56 Å². The van der Waals surface area contributed by atoms with Crippen molar-refractivity contribution in [2.24, 2.45) is 0 Å². The molecule has 0 amide bonds. The van der Waals surface area contributed by atoms with Crippen LogP contribution in [0.15, 0.2) is 66.3 Å². The maximum Gasteiger partial charge on any atom is 0.252 e. The Kier molecular flexibility index (Phi) is 3.53. The first-order chi connectivity index (χ1) is 8.74. The van der Waals surface area contributed by atoms with Gasteiger partial charge < -0.3 is 4.98 Å². The van der Waals surface area contributed by atoms with Gasteiger partial charge in [-0.25, -0.2) is 0 Å². The number of pyridine rings is 2. The molecule has 0 unspecified atom stereocenters. The highest BCUT2D eigenvalue weighted by Crippen LogP contribution is 2.12. The number of aromatic nitrogens is 2. The van der Waals surface area contributed by atoms with Gasteiger partial charge in [-0.05, 0) is 17.7 Å². The second kappa shape index (κ2) is 5.27. The normalized spacial score (nSPS) is 11.4. The molecule has 2 heterocycles. The summed E-state index contributed by atoms with van der Waals surface area (Å²) in [5.74, 6) is 0. The van der Waals surface area contributed by atoms with Crippen LogP contribution in [-0.2, 0) is 6.42 Å². The molecule has 0 aromatic carbocycles. The van der Waals surface area contributed by atoms with Crippen LogP contribution >= 0.6 is 0 Å². The van der Waals surface area contributed by atoms with Gasteiger partial charge in [0.25, 0.3) is 5.56 Å². The predicted octanol–water partition coefficient (Wildman–Crippen LogP) is 2.76. The lowest BCUT2D eigenvalue weighted by Gasteiger charge is -2.03. The highest BCUT2D eigenvalue weighted by atomic mass is 16.1. The first kappa shape index (κ1) is 12.0. The Morgan fingerprint density at radius 2 is 2.28 bits per heavy atom. The molecule has 1 N–H and O–H groups in total. The molecule has 0 aliphatic heterocycles. The fraction of sp³-hybridized carbons (Fsp3) is 0.0667. The molecule has 0 spiro atoms. The van der Waals surface area contributed by atoms with Crippen LogP contribution in [0, 0.1) is 0 Å². The minimum absolute atomic E-state index is 0.0905. The molecular weight excluding hydrogens is 224 g/mol. The van der Waals surface area contributed by atoms with Crippen LogP contribution in [0.25, 0.3) is 10.9 Å². The summed E-state index contributed by atoms with van der Waals surface area (Å²) < 4.78 is 0. The van der Waals surface area contributed by atoms with Crippen LogP contribution in [0.2, 0.25) is 0 Å². The van der Waals surface area contributed by atoms with E-state index < -0.39 is 0 Å². The first-order valence-corrected chi connectivity index (χ1v) is 5.64. The molecule has 0 atom stereocenters. The number of H-pyrrole nitrogens is 1. The molecule has 3 nitrogen and oxygen atoms in total. The fourth-order valence-corrected chi connectivity index (χ4v) is 1.79. The zero-order valence-corrected chi connectivity index (χ0v) is 10.0. The van der Waals surface area contributed by atoms with Crippen LogP contribution in [0.5, 0.6) is 0 Å². The molecule has 0 saturated carbocycles. The SMILES string of the molecule is C=C/C=C(\C=C)Cc1cc2ccncc2[nH]c1=O. The second-order valence-electron chi connectivity index (χ2n) is 3.94. The maximum absolute atomic E-state index is 11.9. The fourth-order valence-electron chi connectivity index (χ4n) is 1.79. The average Bonchev–Trinajstić information content (AvgIpc) is 2.39. The van der Waals surface area contributed by atoms with Crippen molar-refractivity contribution in [3.05, 3.63) is 77.4 Å². The monoisotopic (exact) mass is 238 g/mol. The van der Waals surface area contributed by atoms with Crippen LogP contribution in [-0.4, -0.2) is 9.97 Å². The number of allylic oxidation sites excluding steroid dienone is 4. The van der Waals surface area contributed by atoms with Gasteiger partial charge in [-0.3, -0.25) is 9.78 Å². The Morgan fingerprint density at radius 1 is 1.44 bits per heavy atom. The van der Waals surface area contributed by atoms with E-state index in [1.165, 1.54) is 0 Å². The van der Waals surface area contributed by atoms with Crippen LogP contribution in [0.4, 0.5) is 0 Å². The smallest absolute Gasteiger partial charge is 0.252 e. The number of fused-ring (bicyclic) bond motifs is 1. The number of hydrogen-bond acceptors (Lipinski definition) is 2. The van der Waals surface area contributed by atoms with Gasteiger partial charge in [0.15, 0.2) is 0 Å². The quantitative estimate of drug-likeness (QED) is 0.832. The van der Waals surface area contributed by atoms with Crippen LogP contribution in [0.3, 0.4) is 0 Å². The van der Waals surface area contributed by atoms with E-state index in [0.717, 1.165) is 16.5 Å². The van der Waals surface area contributed by atoms with Gasteiger partial charge in [-0.2, -0.15) is 0 Å². The first-order valence-electron chi connectivity index (χ1n) is 5.64. The molecule has 2 aromatic rings. The van der Waals surface area contributed by atoms with Gasteiger partial charge in [0.05, 0.1) is 11.7 Å². The highest BCUT2D eigenvalue weighted by molar-refractivity contribution is 5.77. The van der Waals surface area contributed by atoms with E-state index in [1.54, 1.807) is 24.5 Å². The lowest BCUT2D eigenvalue weighted by molar-refractivity contribution is 1.12. The summed E-state index contributed by atoms with van der Waals surface area (Å²) in [6.07, 6.45) is 9.17. The molecule has 90 valence electrons. The molecule has 0 bridgehead atoms. The lowest BCUT2D eigenvalue weighted by Crippen LogP contribution is -2.12. The summed E-state index contributed by atoms with van der Waals surface area (Å²) in [6, 6.07) is 3.76. The Balaban J connectivity index is 2.48. The van der Waals surface area contributed by atoms with Gasteiger partial charge in [0, 0.05) is 23.6 Å². The molecule has 0 aliphatic rings. The van der Waals surface area contributed by atoms with E-state index in [0.29, 0.717) is 12.0 Å². The van der Waals surface area contributed by atoms with Crippen molar-refractivity contribution in [1.29, 1.82) is 0 Å². The Bertz CT molecular complexity index is 680. The summed E-state index contributed by atoms with van der Waals surface area (Å²) >= 11 is 0. The Labute approximate surface area is 105 Å². The molecule has 0 saturated heterocycles. The number of aromatic amines is 1. The lowest BCUT2D eigenvalue weighted by atomic mass is 10.0. The van der Waals surface area contributed by atoms with E-state index >= 15 is 0 Å². The minimum Gasteiger partial charge on any atom is -0.320 e. The largest absolute Gasteiger partial charge is 0.320 e. The van der Waals surface area contributed by atoms with Crippen molar-refractivity contribution in [2.45, 2.75) is 6.42 Å². The van der Waals surface area contributed by atoms with Gasteiger partial charge >= 0.3 is 0 Å². The molecule has 0 radical (unpaired) electrons. The molecule has 3 heteroatoms. The summed E-state index contributed by atoms with van der Waals surface area (Å²) in [5.41, 5.74) is 2.33. The van der Waals surface area contributed by atoms with Crippen molar-refractivity contribution in [3.63, 3.8) is 0 Å². The number of nitrogens with one attached hydrogen (secondary N) is 1. The predicted molar refractivity (Wildman–Crippen MR) is 74.5 cm³/mol. The third kappa shape index (κ3) is 2.46. The second-order valence-corrected chi connectivity index (χ2v) is 3.94. The molecule has 18 heavy (non-hydrogen) atoms. The standard InChI is InChI=1S/C15H14N2O/c1-3-5-11(4-2)8-13-9-12-6-7-16-10-14(12)17-15(13)18/h3-7,9-10H,1-2,8H2,(H,17,18)/b11-5+. The van der Waals surface area contributed by atoms with E-state index in [-0.39, 0.29) is 5.56 Å². The molecular formula is C15H14N2O. The highest BCUT2D eigenvalue weighted by Gasteiger charge is 2.04. The maximum atomic E-state index is 11.9. The zero-order valence-electron chi connectivity index (χ0n) is 10.0. The van der Waals surface area contributed by atoms with Crippen molar-refractivity contribution in [3.8, 4) is 0 Å². The van der Waals surface area contributed by atoms with E-state index in [9.17, 15) is 4.79 Å². The van der Waals surface area contributed by atoms with E-state index in [2.05, 4.69) is 23.1 Å². The van der Waals surface area contributed by atoms with Crippen molar-refractivity contribution in [1.82, 2.24) is 9.97 Å². The molecule has 2 rings (SSSR count). The molecule has 0 aliphatic carbocycles. The third-order valence-electron chi connectivity index (χ3n) is 2.71. The van der Waals surface area contributed by atoms with Crippen molar-refractivity contribution in [2.75, 3.05) is 0 Å². The van der Waals surface area contributed by atoms with Gasteiger partial charge in [0.2, 0.25) is 0 Å². The third-order valence-corrected chi connectivity index (χ3v) is 2.71. The molecule has 0 fully saturated rings. The van der Waals surface area contributed by atoms with Crippen molar-refractivity contribution < 1.29 is 0 Å². The number of hydrogen-bond donors (Lipinski definition) is 1. The van der Waals surface area contributed by atoms with Gasteiger partial charge in [-0.1, -0.05) is 31.4 Å². The minimum atomic E-state index is -0.0905. The number of rotatable bonds is 4. The van der Waals surface area contributed by atoms with Gasteiger partial charge in [-0.15, -0.1) is 0 Å². The van der Waals surface area contributed by atoms with E-state index in [1.807, 2.05) is 18.2 Å². The van der Waals surface area contributed by atoms with Gasteiger partial charge in [0.1, 0.15) is 0 Å².